The molecule has 4 rings (SSSR count). The van der Waals surface area contributed by atoms with Crippen LogP contribution in [0, 0.1) is 5.82 Å². The first-order chi connectivity index (χ1) is 13.5. The smallest absolute Gasteiger partial charge is 0.258 e. The Morgan fingerprint density at radius 2 is 1.82 bits per heavy atom. The Labute approximate surface area is 171 Å². The minimum absolute atomic E-state index is 0.0497. The van der Waals surface area contributed by atoms with Gasteiger partial charge in [0.15, 0.2) is 0 Å². The normalized spacial score (nSPS) is 15.0. The van der Waals surface area contributed by atoms with E-state index < -0.39 is 11.7 Å². The Morgan fingerprint density at radius 3 is 2.50 bits per heavy atom. The summed E-state index contributed by atoms with van der Waals surface area (Å²) in [5.41, 5.74) is 0.742. The van der Waals surface area contributed by atoms with Crippen molar-refractivity contribution in [3.05, 3.63) is 69.8 Å². The zero-order chi connectivity index (χ0) is 19.7. The number of halogens is 3. The highest BCUT2D eigenvalue weighted by Gasteiger charge is 2.30. The van der Waals surface area contributed by atoms with Crippen molar-refractivity contribution in [2.75, 3.05) is 13.1 Å². The third kappa shape index (κ3) is 3.75. The number of benzene rings is 2. The molecule has 0 atom stereocenters. The molecule has 0 saturated carbocycles. The molecule has 28 heavy (non-hydrogen) atoms. The van der Waals surface area contributed by atoms with Gasteiger partial charge in [0.2, 0.25) is 11.7 Å². The lowest BCUT2D eigenvalue weighted by Crippen LogP contribution is -2.38. The monoisotopic (exact) mass is 419 g/mol. The van der Waals surface area contributed by atoms with Gasteiger partial charge in [-0.15, -0.1) is 0 Å². The van der Waals surface area contributed by atoms with Gasteiger partial charge in [0, 0.05) is 29.6 Å². The summed E-state index contributed by atoms with van der Waals surface area (Å²) in [6.45, 7) is 0.930. The Morgan fingerprint density at radius 1 is 1.11 bits per heavy atom. The molecule has 1 saturated heterocycles. The van der Waals surface area contributed by atoms with Crippen LogP contribution in [0.15, 0.2) is 47.0 Å². The number of likely N-dealkylation sites (tertiary alicyclic amines) is 1. The predicted octanol–water partition coefficient (Wildman–Crippen LogP) is 5.20. The molecule has 0 bridgehead atoms. The van der Waals surface area contributed by atoms with Crippen LogP contribution in [0.4, 0.5) is 4.39 Å². The van der Waals surface area contributed by atoms with E-state index in [0.29, 0.717) is 42.7 Å². The second-order valence-corrected chi connectivity index (χ2v) is 7.47. The molecule has 1 aliphatic heterocycles. The highest BCUT2D eigenvalue weighted by molar-refractivity contribution is 6.33. The quantitative estimate of drug-likeness (QED) is 0.584. The van der Waals surface area contributed by atoms with Crippen molar-refractivity contribution in [2.45, 2.75) is 18.8 Å². The Balaban J connectivity index is 1.43. The maximum Gasteiger partial charge on any atom is 0.258 e. The van der Waals surface area contributed by atoms with Crippen LogP contribution in [0.2, 0.25) is 10.0 Å². The molecular weight excluding hydrogens is 404 g/mol. The van der Waals surface area contributed by atoms with Crippen molar-refractivity contribution < 1.29 is 13.7 Å². The van der Waals surface area contributed by atoms with Crippen molar-refractivity contribution in [1.29, 1.82) is 0 Å². The first kappa shape index (κ1) is 18.9. The lowest BCUT2D eigenvalue weighted by molar-refractivity contribution is 0.0700. The molecule has 8 heteroatoms. The number of nitrogens with zero attached hydrogens (tertiary/aromatic N) is 3. The molecule has 144 valence electrons. The fourth-order valence-electron chi connectivity index (χ4n) is 3.31. The molecule has 1 amide bonds. The van der Waals surface area contributed by atoms with Crippen LogP contribution >= 0.6 is 23.2 Å². The van der Waals surface area contributed by atoms with Crippen LogP contribution in [0.3, 0.4) is 0 Å². The minimum Gasteiger partial charge on any atom is -0.339 e. The van der Waals surface area contributed by atoms with E-state index in [2.05, 4.69) is 10.1 Å². The lowest BCUT2D eigenvalue weighted by atomic mass is 9.96. The average Bonchev–Trinajstić information content (AvgIpc) is 3.18. The third-order valence-electron chi connectivity index (χ3n) is 4.85. The summed E-state index contributed by atoms with van der Waals surface area (Å²) in [6.07, 6.45) is 1.31. The Kier molecular flexibility index (Phi) is 5.33. The van der Waals surface area contributed by atoms with E-state index in [4.69, 9.17) is 27.7 Å². The third-order valence-corrected chi connectivity index (χ3v) is 5.42. The van der Waals surface area contributed by atoms with E-state index in [1.165, 1.54) is 18.2 Å². The number of hydrogen-bond donors (Lipinski definition) is 0. The number of hydrogen-bond acceptors (Lipinski definition) is 4. The zero-order valence-corrected chi connectivity index (χ0v) is 16.3. The van der Waals surface area contributed by atoms with Gasteiger partial charge in [-0.2, -0.15) is 4.98 Å². The highest BCUT2D eigenvalue weighted by Crippen LogP contribution is 2.30. The van der Waals surface area contributed by atoms with E-state index in [1.807, 2.05) is 12.1 Å². The first-order valence-electron chi connectivity index (χ1n) is 8.86. The summed E-state index contributed by atoms with van der Waals surface area (Å²) in [7, 11) is 0. The maximum atomic E-state index is 14.0. The van der Waals surface area contributed by atoms with Gasteiger partial charge in [-0.25, -0.2) is 4.39 Å². The first-order valence-corrected chi connectivity index (χ1v) is 9.61. The number of rotatable bonds is 3. The van der Waals surface area contributed by atoms with E-state index in [1.54, 1.807) is 17.0 Å². The molecule has 3 aromatic rings. The number of carbonyl (C=O) groups excluding carboxylic acids is 1. The molecule has 2 aromatic carbocycles. The molecule has 1 aromatic heterocycles. The van der Waals surface area contributed by atoms with Crippen molar-refractivity contribution in [3.63, 3.8) is 0 Å². The van der Waals surface area contributed by atoms with Crippen molar-refractivity contribution in [3.8, 4) is 11.4 Å². The fraction of sp³-hybridized carbons (Fsp3) is 0.250. The van der Waals surface area contributed by atoms with Gasteiger partial charge in [-0.3, -0.25) is 4.79 Å². The van der Waals surface area contributed by atoms with Gasteiger partial charge in [0.05, 0.1) is 10.6 Å². The largest absolute Gasteiger partial charge is 0.339 e. The van der Waals surface area contributed by atoms with Gasteiger partial charge in [-0.1, -0.05) is 34.4 Å². The molecular formula is C20H16Cl2FN3O2. The van der Waals surface area contributed by atoms with Gasteiger partial charge in [-0.05, 0) is 49.2 Å². The fourth-order valence-corrected chi connectivity index (χ4v) is 3.68. The van der Waals surface area contributed by atoms with Crippen LogP contribution in [-0.4, -0.2) is 34.0 Å². The molecule has 0 spiro atoms. The minimum atomic E-state index is -0.607. The van der Waals surface area contributed by atoms with Gasteiger partial charge < -0.3 is 9.42 Å². The van der Waals surface area contributed by atoms with Crippen molar-refractivity contribution >= 4 is 29.1 Å². The molecule has 1 aliphatic rings. The summed E-state index contributed by atoms with van der Waals surface area (Å²) in [5, 5.41) is 4.80. The molecule has 2 heterocycles. The van der Waals surface area contributed by atoms with E-state index in [-0.39, 0.29) is 16.5 Å². The summed E-state index contributed by atoms with van der Waals surface area (Å²) in [6, 6.07) is 11.4. The summed E-state index contributed by atoms with van der Waals surface area (Å²) >= 11 is 11.9. The average molecular weight is 420 g/mol. The molecule has 0 N–H and O–H groups in total. The van der Waals surface area contributed by atoms with Crippen molar-refractivity contribution in [1.82, 2.24) is 15.0 Å². The predicted molar refractivity (Wildman–Crippen MR) is 104 cm³/mol. The number of amides is 1. The van der Waals surface area contributed by atoms with E-state index in [9.17, 15) is 9.18 Å². The van der Waals surface area contributed by atoms with Crippen LogP contribution in [0.5, 0.6) is 0 Å². The molecule has 0 radical (unpaired) electrons. The summed E-state index contributed by atoms with van der Waals surface area (Å²) in [5.74, 6) is 0.0936. The second kappa shape index (κ2) is 7.89. The van der Waals surface area contributed by atoms with E-state index >= 15 is 0 Å². The molecule has 0 aliphatic carbocycles. The summed E-state index contributed by atoms with van der Waals surface area (Å²) < 4.78 is 19.4. The molecule has 1 fully saturated rings. The zero-order valence-electron chi connectivity index (χ0n) is 14.7. The standard InChI is InChI=1S/C20H16Cl2FN3O2/c21-14-6-4-12(5-7-14)18-24-19(28-25-18)13-8-10-26(11-9-13)20(27)17-15(22)2-1-3-16(17)23/h1-7,13H,8-11H2. The number of aromatic nitrogens is 2. The molecule has 5 nitrogen and oxygen atoms in total. The van der Waals surface area contributed by atoms with Crippen LogP contribution in [0.1, 0.15) is 35.0 Å². The topological polar surface area (TPSA) is 59.2 Å². The second-order valence-electron chi connectivity index (χ2n) is 6.63. The van der Waals surface area contributed by atoms with Crippen LogP contribution in [0.25, 0.3) is 11.4 Å². The SMILES string of the molecule is O=C(c1c(F)cccc1Cl)N1CCC(c2nc(-c3ccc(Cl)cc3)no2)CC1. The Hall–Kier alpha value is -2.44. The highest BCUT2D eigenvalue weighted by atomic mass is 35.5. The van der Waals surface area contributed by atoms with Gasteiger partial charge >= 0.3 is 0 Å². The summed E-state index contributed by atoms with van der Waals surface area (Å²) in [4.78, 5) is 18.7. The maximum absolute atomic E-state index is 14.0. The number of carbonyl (C=O) groups is 1. The van der Waals surface area contributed by atoms with Gasteiger partial charge in [0.25, 0.3) is 5.91 Å². The Bertz CT molecular complexity index is 979. The number of piperidine rings is 1. The van der Waals surface area contributed by atoms with Crippen LogP contribution in [-0.2, 0) is 0 Å². The van der Waals surface area contributed by atoms with E-state index in [0.717, 1.165) is 5.56 Å². The van der Waals surface area contributed by atoms with Crippen molar-refractivity contribution in [2.24, 2.45) is 0 Å². The lowest BCUT2D eigenvalue weighted by Gasteiger charge is -2.30. The van der Waals surface area contributed by atoms with Gasteiger partial charge in [0.1, 0.15) is 5.82 Å². The molecule has 0 unspecified atom stereocenters. The van der Waals surface area contributed by atoms with Crippen LogP contribution < -0.4 is 0 Å².